The van der Waals surface area contributed by atoms with Gasteiger partial charge in [-0.3, -0.25) is 4.79 Å². The minimum atomic E-state index is -3.47. The maximum absolute atomic E-state index is 12.3. The molecule has 0 aliphatic carbocycles. The van der Waals surface area contributed by atoms with E-state index in [1.165, 1.54) is 5.56 Å². The van der Waals surface area contributed by atoms with Crippen LogP contribution in [0.15, 0.2) is 60.7 Å². The van der Waals surface area contributed by atoms with Crippen molar-refractivity contribution in [3.05, 3.63) is 71.8 Å². The Kier molecular flexibility index (Phi) is 7.52. The Labute approximate surface area is 154 Å². The average Bonchev–Trinajstić information content (AvgIpc) is 2.60. The molecular formula is C19H23NO3S2. The zero-order chi connectivity index (χ0) is 18.1. The van der Waals surface area contributed by atoms with Crippen molar-refractivity contribution in [1.29, 1.82) is 0 Å². The van der Waals surface area contributed by atoms with Gasteiger partial charge in [-0.25, -0.2) is 8.42 Å². The molecule has 1 atom stereocenters. The molecule has 134 valence electrons. The minimum absolute atomic E-state index is 0.197. The van der Waals surface area contributed by atoms with Crippen molar-refractivity contribution in [3.63, 3.8) is 0 Å². The first-order valence-electron chi connectivity index (χ1n) is 8.09. The van der Waals surface area contributed by atoms with Crippen molar-refractivity contribution in [2.24, 2.45) is 0 Å². The highest BCUT2D eigenvalue weighted by Gasteiger charge is 2.28. The lowest BCUT2D eigenvalue weighted by molar-refractivity contribution is -0.120. The number of thioether (sulfide) groups is 1. The van der Waals surface area contributed by atoms with Crippen molar-refractivity contribution < 1.29 is 13.2 Å². The third-order valence-corrected chi connectivity index (χ3v) is 6.18. The fraction of sp³-hybridized carbons (Fsp3) is 0.316. The van der Waals surface area contributed by atoms with Crippen LogP contribution < -0.4 is 5.32 Å². The molecule has 0 spiro atoms. The fourth-order valence-corrected chi connectivity index (χ4v) is 4.18. The second kappa shape index (κ2) is 9.63. The van der Waals surface area contributed by atoms with Crippen LogP contribution in [0.3, 0.4) is 0 Å². The summed E-state index contributed by atoms with van der Waals surface area (Å²) in [5, 5.41) is 1.71. The van der Waals surface area contributed by atoms with E-state index >= 15 is 0 Å². The highest BCUT2D eigenvalue weighted by Crippen LogP contribution is 2.12. The van der Waals surface area contributed by atoms with Gasteiger partial charge < -0.3 is 5.32 Å². The summed E-state index contributed by atoms with van der Waals surface area (Å²) in [4.78, 5) is 12.3. The number of hydrogen-bond acceptors (Lipinski definition) is 4. The quantitative estimate of drug-likeness (QED) is 0.683. The van der Waals surface area contributed by atoms with Crippen LogP contribution >= 0.6 is 11.8 Å². The van der Waals surface area contributed by atoms with Crippen LogP contribution in [-0.2, 0) is 26.8 Å². The summed E-state index contributed by atoms with van der Waals surface area (Å²) in [7, 11) is -3.47. The van der Waals surface area contributed by atoms with Gasteiger partial charge in [0.1, 0.15) is 5.25 Å². The number of hydrogen-bond donors (Lipinski definition) is 1. The fourth-order valence-electron chi connectivity index (χ4n) is 2.39. The summed E-state index contributed by atoms with van der Waals surface area (Å²) in [5.41, 5.74) is 2.07. The second-order valence-electron chi connectivity index (χ2n) is 5.84. The number of amides is 1. The van der Waals surface area contributed by atoms with Crippen molar-refractivity contribution in [2.75, 3.05) is 18.6 Å². The molecule has 0 bridgehead atoms. The van der Waals surface area contributed by atoms with E-state index in [1.807, 2.05) is 48.5 Å². The van der Waals surface area contributed by atoms with E-state index in [2.05, 4.69) is 17.4 Å². The van der Waals surface area contributed by atoms with Gasteiger partial charge in [0.25, 0.3) is 0 Å². The molecule has 1 unspecified atom stereocenters. The first kappa shape index (κ1) is 19.5. The normalized spacial score (nSPS) is 12.5. The third kappa shape index (κ3) is 6.92. The predicted octanol–water partition coefficient (Wildman–Crippen LogP) is 2.69. The Bertz CT molecular complexity index is 762. The smallest absolute Gasteiger partial charge is 0.238 e. The molecule has 0 aliphatic rings. The maximum atomic E-state index is 12.3. The molecule has 0 saturated heterocycles. The summed E-state index contributed by atoms with van der Waals surface area (Å²) in [5.74, 6) is 1.19. The maximum Gasteiger partial charge on any atom is 0.238 e. The monoisotopic (exact) mass is 377 g/mol. The van der Waals surface area contributed by atoms with Crippen LogP contribution in [0.5, 0.6) is 0 Å². The number of benzene rings is 2. The topological polar surface area (TPSA) is 63.2 Å². The Hall–Kier alpha value is -1.79. The number of carbonyl (C=O) groups excluding carboxylic acids is 1. The molecule has 1 amide bonds. The molecule has 0 radical (unpaired) electrons. The molecule has 0 aliphatic heterocycles. The summed E-state index contributed by atoms with van der Waals surface area (Å²) in [6, 6.07) is 19.3. The second-order valence-corrected chi connectivity index (χ2v) is 9.17. The first-order chi connectivity index (χ1) is 12.0. The number of rotatable bonds is 9. The highest BCUT2D eigenvalue weighted by molar-refractivity contribution is 7.98. The van der Waals surface area contributed by atoms with Gasteiger partial charge in [0, 0.05) is 24.3 Å². The van der Waals surface area contributed by atoms with Crippen LogP contribution in [0.4, 0.5) is 0 Å². The van der Waals surface area contributed by atoms with Crippen molar-refractivity contribution in [2.45, 2.75) is 17.4 Å². The molecule has 0 saturated carbocycles. The average molecular weight is 378 g/mol. The van der Waals surface area contributed by atoms with Gasteiger partial charge in [0.05, 0.1) is 0 Å². The van der Waals surface area contributed by atoms with E-state index in [0.29, 0.717) is 6.54 Å². The van der Waals surface area contributed by atoms with Gasteiger partial charge in [-0.15, -0.1) is 0 Å². The van der Waals surface area contributed by atoms with Gasteiger partial charge in [-0.05, 0) is 17.5 Å². The summed E-state index contributed by atoms with van der Waals surface area (Å²) < 4.78 is 24.0. The lowest BCUT2D eigenvalue weighted by atomic mass is 10.1. The van der Waals surface area contributed by atoms with E-state index < -0.39 is 21.0 Å². The van der Waals surface area contributed by atoms with E-state index in [4.69, 9.17) is 0 Å². The van der Waals surface area contributed by atoms with Crippen LogP contribution in [0.1, 0.15) is 11.1 Å². The lowest BCUT2D eigenvalue weighted by Gasteiger charge is -2.15. The molecular weight excluding hydrogens is 354 g/mol. The van der Waals surface area contributed by atoms with E-state index in [9.17, 15) is 13.2 Å². The Morgan fingerprint density at radius 1 is 1.00 bits per heavy atom. The van der Waals surface area contributed by atoms with Crippen molar-refractivity contribution >= 4 is 27.5 Å². The third-order valence-electron chi connectivity index (χ3n) is 3.73. The van der Waals surface area contributed by atoms with E-state index in [0.717, 1.165) is 23.3 Å². The zero-order valence-corrected chi connectivity index (χ0v) is 15.9. The molecule has 2 rings (SSSR count). The Morgan fingerprint density at radius 2 is 1.56 bits per heavy atom. The van der Waals surface area contributed by atoms with Crippen molar-refractivity contribution in [1.82, 2.24) is 5.32 Å². The first-order valence-corrected chi connectivity index (χ1v) is 11.2. The zero-order valence-electron chi connectivity index (χ0n) is 14.2. The van der Waals surface area contributed by atoms with Gasteiger partial charge in [-0.1, -0.05) is 60.7 Å². The standard InChI is InChI=1S/C19H23NO3S2/c1-25(22,23)18(14-16-8-4-2-5-9-16)19(21)20-12-13-24-15-17-10-6-3-7-11-17/h2-11,18H,12-15H2,1H3,(H,20,21). The Morgan fingerprint density at radius 3 is 2.12 bits per heavy atom. The van der Waals surface area contributed by atoms with Crippen LogP contribution in [0.2, 0.25) is 0 Å². The number of nitrogens with one attached hydrogen (secondary N) is 1. The molecule has 2 aromatic rings. The summed E-state index contributed by atoms with van der Waals surface area (Å²) in [6.45, 7) is 0.455. The molecule has 25 heavy (non-hydrogen) atoms. The Balaban J connectivity index is 1.81. The molecule has 6 heteroatoms. The predicted molar refractivity (Wildman–Crippen MR) is 104 cm³/mol. The summed E-state index contributed by atoms with van der Waals surface area (Å²) >= 11 is 1.71. The van der Waals surface area contributed by atoms with Crippen LogP contribution in [0.25, 0.3) is 0 Å². The van der Waals surface area contributed by atoms with Gasteiger partial charge >= 0.3 is 0 Å². The number of sulfone groups is 1. The van der Waals surface area contributed by atoms with Gasteiger partial charge in [0.2, 0.25) is 5.91 Å². The van der Waals surface area contributed by atoms with Gasteiger partial charge in [-0.2, -0.15) is 11.8 Å². The number of carbonyl (C=O) groups is 1. The van der Waals surface area contributed by atoms with Crippen molar-refractivity contribution in [3.8, 4) is 0 Å². The highest BCUT2D eigenvalue weighted by atomic mass is 32.2. The summed E-state index contributed by atoms with van der Waals surface area (Å²) in [6.07, 6.45) is 1.31. The molecule has 4 nitrogen and oxygen atoms in total. The van der Waals surface area contributed by atoms with E-state index in [1.54, 1.807) is 11.8 Å². The largest absolute Gasteiger partial charge is 0.354 e. The van der Waals surface area contributed by atoms with Crippen LogP contribution in [0, 0.1) is 0 Å². The molecule has 1 N–H and O–H groups in total. The molecule has 0 heterocycles. The lowest BCUT2D eigenvalue weighted by Crippen LogP contribution is -2.41. The minimum Gasteiger partial charge on any atom is -0.354 e. The molecule has 0 aromatic heterocycles. The van der Waals surface area contributed by atoms with E-state index in [-0.39, 0.29) is 6.42 Å². The molecule has 2 aromatic carbocycles. The molecule has 0 fully saturated rings. The SMILES string of the molecule is CS(=O)(=O)C(Cc1ccccc1)C(=O)NCCSCc1ccccc1. The van der Waals surface area contributed by atoms with Gasteiger partial charge in [0.15, 0.2) is 9.84 Å². The van der Waals surface area contributed by atoms with Crippen LogP contribution in [-0.4, -0.2) is 38.1 Å².